The van der Waals surface area contributed by atoms with Crippen LogP contribution in [0.15, 0.2) is 29.3 Å². The molecule has 1 aromatic rings. The number of sulfone groups is 1. The number of rotatable bonds is 5. The van der Waals surface area contributed by atoms with Gasteiger partial charge in [0.05, 0.1) is 5.75 Å². The summed E-state index contributed by atoms with van der Waals surface area (Å²) in [5, 5.41) is 3.19. The van der Waals surface area contributed by atoms with Crippen molar-refractivity contribution in [3.05, 3.63) is 35.4 Å². The maximum Gasteiger partial charge on any atom is 0.193 e. The van der Waals surface area contributed by atoms with E-state index in [1.54, 1.807) is 14.0 Å². The fourth-order valence-electron chi connectivity index (χ4n) is 3.05. The SMILES string of the molecule is CCS(=O)(=O)CCNC(=NC)N1CCC(c2ccccc2C)C1.I. The Bertz CT molecular complexity index is 662. The number of hydrogen-bond acceptors (Lipinski definition) is 3. The van der Waals surface area contributed by atoms with Gasteiger partial charge in [-0.15, -0.1) is 24.0 Å². The van der Waals surface area contributed by atoms with Crippen LogP contribution in [0.4, 0.5) is 0 Å². The molecule has 0 aliphatic carbocycles. The second-order valence-electron chi connectivity index (χ2n) is 6.00. The maximum absolute atomic E-state index is 11.6. The molecule has 1 aliphatic heterocycles. The second-order valence-corrected chi connectivity index (χ2v) is 8.47. The molecule has 1 unspecified atom stereocenters. The number of benzene rings is 1. The molecule has 1 aromatic carbocycles. The minimum absolute atomic E-state index is 0. The normalized spacial score (nSPS) is 18.4. The van der Waals surface area contributed by atoms with Gasteiger partial charge in [-0.2, -0.15) is 0 Å². The lowest BCUT2D eigenvalue weighted by Gasteiger charge is -2.22. The third-order valence-corrected chi connectivity index (χ3v) is 6.17. The van der Waals surface area contributed by atoms with Crippen molar-refractivity contribution in [1.82, 2.24) is 10.2 Å². The smallest absolute Gasteiger partial charge is 0.193 e. The molecule has 0 bridgehead atoms. The van der Waals surface area contributed by atoms with Crippen LogP contribution in [0.1, 0.15) is 30.4 Å². The molecule has 1 N–H and O–H groups in total. The summed E-state index contributed by atoms with van der Waals surface area (Å²) in [5.41, 5.74) is 2.73. The lowest BCUT2D eigenvalue weighted by molar-refractivity contribution is 0.488. The van der Waals surface area contributed by atoms with Crippen molar-refractivity contribution in [2.24, 2.45) is 4.99 Å². The van der Waals surface area contributed by atoms with E-state index in [2.05, 4.69) is 46.4 Å². The Balaban J connectivity index is 0.00000288. The Morgan fingerprint density at radius 1 is 1.38 bits per heavy atom. The average Bonchev–Trinajstić information content (AvgIpc) is 3.01. The Labute approximate surface area is 162 Å². The molecule has 0 spiro atoms. The summed E-state index contributed by atoms with van der Waals surface area (Å²) in [5.74, 6) is 1.64. The largest absolute Gasteiger partial charge is 0.355 e. The van der Waals surface area contributed by atoms with Gasteiger partial charge >= 0.3 is 0 Å². The van der Waals surface area contributed by atoms with Gasteiger partial charge < -0.3 is 10.2 Å². The van der Waals surface area contributed by atoms with Crippen molar-refractivity contribution < 1.29 is 8.42 Å². The van der Waals surface area contributed by atoms with E-state index in [-0.39, 0.29) is 35.5 Å². The first kappa shape index (κ1) is 21.2. The van der Waals surface area contributed by atoms with Crippen LogP contribution in [0.25, 0.3) is 0 Å². The predicted molar refractivity (Wildman–Crippen MR) is 111 cm³/mol. The lowest BCUT2D eigenvalue weighted by atomic mass is 9.94. The molecular formula is C17H28IN3O2S. The van der Waals surface area contributed by atoms with Gasteiger partial charge in [-0.05, 0) is 24.5 Å². The molecule has 0 amide bonds. The van der Waals surface area contributed by atoms with Crippen molar-refractivity contribution in [3.63, 3.8) is 0 Å². The Morgan fingerprint density at radius 3 is 2.71 bits per heavy atom. The maximum atomic E-state index is 11.6. The van der Waals surface area contributed by atoms with Gasteiger partial charge in [0.2, 0.25) is 0 Å². The van der Waals surface area contributed by atoms with Crippen LogP contribution in [-0.2, 0) is 9.84 Å². The van der Waals surface area contributed by atoms with Gasteiger partial charge in [-0.3, -0.25) is 4.99 Å². The number of halogens is 1. The van der Waals surface area contributed by atoms with Crippen LogP contribution < -0.4 is 5.32 Å². The number of hydrogen-bond donors (Lipinski definition) is 1. The number of likely N-dealkylation sites (tertiary alicyclic amines) is 1. The van der Waals surface area contributed by atoms with Crippen molar-refractivity contribution >= 4 is 39.8 Å². The van der Waals surface area contributed by atoms with E-state index in [9.17, 15) is 8.42 Å². The van der Waals surface area contributed by atoms with E-state index < -0.39 is 9.84 Å². The highest BCUT2D eigenvalue weighted by Crippen LogP contribution is 2.29. The first-order valence-corrected chi connectivity index (χ1v) is 10.0. The quantitative estimate of drug-likeness (QED) is 0.412. The van der Waals surface area contributed by atoms with Gasteiger partial charge in [0.15, 0.2) is 15.8 Å². The summed E-state index contributed by atoms with van der Waals surface area (Å²) >= 11 is 0. The van der Waals surface area contributed by atoms with Crippen LogP contribution in [0.3, 0.4) is 0 Å². The van der Waals surface area contributed by atoms with Crippen LogP contribution in [0, 0.1) is 6.92 Å². The first-order chi connectivity index (χ1) is 11.0. The molecule has 5 nitrogen and oxygen atoms in total. The highest BCUT2D eigenvalue weighted by atomic mass is 127. The molecule has 2 rings (SSSR count). The topological polar surface area (TPSA) is 61.8 Å². The number of nitrogens with zero attached hydrogens (tertiary/aromatic N) is 2. The number of guanidine groups is 1. The molecule has 0 saturated carbocycles. The van der Waals surface area contributed by atoms with Crippen molar-refractivity contribution in [1.29, 1.82) is 0 Å². The zero-order valence-electron chi connectivity index (χ0n) is 14.7. The van der Waals surface area contributed by atoms with E-state index in [1.807, 2.05) is 0 Å². The molecule has 0 radical (unpaired) electrons. The van der Waals surface area contributed by atoms with Gasteiger partial charge in [0.1, 0.15) is 0 Å². The summed E-state index contributed by atoms with van der Waals surface area (Å²) < 4.78 is 23.1. The van der Waals surface area contributed by atoms with Crippen molar-refractivity contribution in [2.75, 3.05) is 38.2 Å². The molecule has 1 saturated heterocycles. The Hall–Kier alpha value is -0.830. The van der Waals surface area contributed by atoms with E-state index >= 15 is 0 Å². The minimum Gasteiger partial charge on any atom is -0.355 e. The summed E-state index contributed by atoms with van der Waals surface area (Å²) in [6, 6.07) is 8.52. The van der Waals surface area contributed by atoms with Gasteiger partial charge in [0, 0.05) is 38.4 Å². The lowest BCUT2D eigenvalue weighted by Crippen LogP contribution is -2.41. The fourth-order valence-corrected chi connectivity index (χ4v) is 3.75. The van der Waals surface area contributed by atoms with E-state index in [4.69, 9.17) is 0 Å². The molecule has 136 valence electrons. The Morgan fingerprint density at radius 2 is 2.08 bits per heavy atom. The molecule has 24 heavy (non-hydrogen) atoms. The van der Waals surface area contributed by atoms with E-state index in [0.717, 1.165) is 25.5 Å². The first-order valence-electron chi connectivity index (χ1n) is 8.18. The molecule has 1 atom stereocenters. The van der Waals surface area contributed by atoms with Crippen LogP contribution in [0.5, 0.6) is 0 Å². The number of nitrogens with one attached hydrogen (secondary N) is 1. The van der Waals surface area contributed by atoms with Crippen molar-refractivity contribution in [3.8, 4) is 0 Å². The summed E-state index contributed by atoms with van der Waals surface area (Å²) in [6.07, 6.45) is 1.10. The molecule has 7 heteroatoms. The van der Waals surface area contributed by atoms with E-state index in [0.29, 0.717) is 12.5 Å². The monoisotopic (exact) mass is 465 g/mol. The average molecular weight is 465 g/mol. The zero-order chi connectivity index (χ0) is 16.9. The highest BCUT2D eigenvalue weighted by Gasteiger charge is 2.26. The second kappa shape index (κ2) is 9.60. The molecule has 1 aliphatic rings. The minimum atomic E-state index is -2.94. The molecule has 1 heterocycles. The summed E-state index contributed by atoms with van der Waals surface area (Å²) in [7, 11) is -1.19. The van der Waals surface area contributed by atoms with Gasteiger partial charge in [0.25, 0.3) is 0 Å². The van der Waals surface area contributed by atoms with Crippen molar-refractivity contribution in [2.45, 2.75) is 26.2 Å². The fraction of sp³-hybridized carbons (Fsp3) is 0.588. The standard InChI is InChI=1S/C17H27N3O2S.HI/c1-4-23(21,22)12-10-19-17(18-3)20-11-9-15(13-20)16-8-6-5-7-14(16)2;/h5-8,15H,4,9-13H2,1-3H3,(H,18,19);1H. The zero-order valence-corrected chi connectivity index (χ0v) is 17.8. The number of aliphatic imine (C=N–C) groups is 1. The summed E-state index contributed by atoms with van der Waals surface area (Å²) in [6.45, 7) is 6.11. The summed E-state index contributed by atoms with van der Waals surface area (Å²) in [4.78, 5) is 6.52. The highest BCUT2D eigenvalue weighted by molar-refractivity contribution is 14.0. The Kier molecular flexibility index (Phi) is 8.49. The molecule has 0 aromatic heterocycles. The molecular weight excluding hydrogens is 437 g/mol. The van der Waals surface area contributed by atoms with Crippen LogP contribution in [-0.4, -0.2) is 57.5 Å². The van der Waals surface area contributed by atoms with Crippen LogP contribution >= 0.6 is 24.0 Å². The molecule has 1 fully saturated rings. The van der Waals surface area contributed by atoms with Crippen LogP contribution in [0.2, 0.25) is 0 Å². The number of aryl methyl sites for hydroxylation is 1. The predicted octanol–water partition coefficient (Wildman–Crippen LogP) is 2.41. The van der Waals surface area contributed by atoms with E-state index in [1.165, 1.54) is 11.1 Å². The third-order valence-electron chi connectivity index (χ3n) is 4.46. The third kappa shape index (κ3) is 5.61. The van der Waals surface area contributed by atoms with Gasteiger partial charge in [-0.25, -0.2) is 8.42 Å². The van der Waals surface area contributed by atoms with Gasteiger partial charge in [-0.1, -0.05) is 31.2 Å².